The molecular weight excluding hydrogens is 386 g/mol. The lowest BCUT2D eigenvalue weighted by molar-refractivity contribution is -0.146. The Labute approximate surface area is 185 Å². The first-order valence-electron chi connectivity index (χ1n) is 11.8. The summed E-state index contributed by atoms with van der Waals surface area (Å²) in [5.41, 5.74) is 3.53. The molecule has 4 aliphatic rings. The van der Waals surface area contributed by atoms with Crippen LogP contribution in [0.25, 0.3) is 0 Å². The minimum atomic E-state index is 0.00531. The molecule has 1 aromatic carbocycles. The third-order valence-corrected chi connectivity index (χ3v) is 8.51. The first-order valence-corrected chi connectivity index (χ1v) is 11.8. The highest BCUT2D eigenvalue weighted by molar-refractivity contribution is 5.75. The molecule has 5 rings (SSSR count). The van der Waals surface area contributed by atoms with E-state index in [0.29, 0.717) is 17.4 Å². The Bertz CT molecular complexity index is 896. The number of rotatable bonds is 3. The lowest BCUT2D eigenvalue weighted by atomic mass is 9.55. The fourth-order valence-electron chi connectivity index (χ4n) is 6.68. The van der Waals surface area contributed by atoms with Gasteiger partial charge in [-0.15, -0.1) is 0 Å². The molecule has 164 valence electrons. The van der Waals surface area contributed by atoms with Gasteiger partial charge in [-0.3, -0.25) is 9.69 Å². The van der Waals surface area contributed by atoms with Gasteiger partial charge >= 0.3 is 5.97 Å². The topological polar surface area (TPSA) is 56.6 Å². The van der Waals surface area contributed by atoms with Crippen LogP contribution in [0.3, 0.4) is 0 Å². The lowest BCUT2D eigenvalue weighted by Crippen LogP contribution is -2.50. The third kappa shape index (κ3) is 3.76. The van der Waals surface area contributed by atoms with Crippen LogP contribution in [0.4, 0.5) is 5.69 Å². The third-order valence-electron chi connectivity index (χ3n) is 8.51. The molecule has 0 radical (unpaired) electrons. The predicted molar refractivity (Wildman–Crippen MR) is 120 cm³/mol. The van der Waals surface area contributed by atoms with E-state index >= 15 is 0 Å². The highest BCUT2D eigenvalue weighted by Gasteiger charge is 2.55. The molecule has 0 aromatic heterocycles. The number of hydrogen-bond acceptors (Lipinski definition) is 5. The van der Waals surface area contributed by atoms with Crippen molar-refractivity contribution in [3.8, 4) is 6.07 Å². The summed E-state index contributed by atoms with van der Waals surface area (Å²) in [7, 11) is 0. The Balaban J connectivity index is 1.21. The Hall–Kier alpha value is -2.32. The SMILES string of the molecule is C=C1CCC[C@]2(C)C[C@H]3OC(=O)C(CN4CCN(c5ccc(C#N)cc5)CC4)[C@H]3CC12. The van der Waals surface area contributed by atoms with Crippen LogP contribution >= 0.6 is 0 Å². The number of piperazine rings is 1. The second-order valence-electron chi connectivity index (χ2n) is 10.4. The van der Waals surface area contributed by atoms with Gasteiger partial charge in [0.1, 0.15) is 6.10 Å². The largest absolute Gasteiger partial charge is 0.462 e. The highest BCUT2D eigenvalue weighted by atomic mass is 16.6. The quantitative estimate of drug-likeness (QED) is 0.548. The molecule has 5 heteroatoms. The van der Waals surface area contributed by atoms with Crippen LogP contribution in [-0.4, -0.2) is 49.7 Å². The fourth-order valence-corrected chi connectivity index (χ4v) is 6.68. The monoisotopic (exact) mass is 419 g/mol. The molecule has 2 heterocycles. The molecule has 2 unspecified atom stereocenters. The lowest BCUT2D eigenvalue weighted by Gasteiger charge is -2.50. The number of benzene rings is 1. The van der Waals surface area contributed by atoms with Crippen molar-refractivity contribution in [1.29, 1.82) is 5.26 Å². The maximum Gasteiger partial charge on any atom is 0.310 e. The fraction of sp³-hybridized carbons (Fsp3) is 0.615. The van der Waals surface area contributed by atoms with Crippen LogP contribution in [0.5, 0.6) is 0 Å². The second-order valence-corrected chi connectivity index (χ2v) is 10.4. The van der Waals surface area contributed by atoms with Crippen molar-refractivity contribution >= 4 is 11.7 Å². The van der Waals surface area contributed by atoms with Gasteiger partial charge in [-0.25, -0.2) is 0 Å². The molecule has 2 aliphatic carbocycles. The number of anilines is 1. The van der Waals surface area contributed by atoms with E-state index in [4.69, 9.17) is 10.00 Å². The molecule has 2 aliphatic heterocycles. The standard InChI is InChI=1S/C26H33N3O2/c1-18-4-3-9-26(2)15-24-21(14-23(18)26)22(25(30)31-24)17-28-10-12-29(13-11-28)20-7-5-19(16-27)6-8-20/h5-8,21-24H,1,3-4,9-15,17H2,2H3/t21-,22?,23?,24-,26-/m1/s1. The minimum Gasteiger partial charge on any atom is -0.462 e. The molecule has 0 amide bonds. The van der Waals surface area contributed by atoms with Crippen molar-refractivity contribution in [3.05, 3.63) is 42.0 Å². The molecule has 2 saturated carbocycles. The Morgan fingerprint density at radius 3 is 2.68 bits per heavy atom. The van der Waals surface area contributed by atoms with E-state index in [9.17, 15) is 4.79 Å². The molecule has 2 saturated heterocycles. The summed E-state index contributed by atoms with van der Waals surface area (Å²) in [5, 5.41) is 8.99. The summed E-state index contributed by atoms with van der Waals surface area (Å²) < 4.78 is 5.95. The van der Waals surface area contributed by atoms with E-state index in [1.54, 1.807) is 0 Å². The first-order chi connectivity index (χ1) is 15.0. The molecule has 4 fully saturated rings. The van der Waals surface area contributed by atoms with Gasteiger partial charge in [-0.2, -0.15) is 5.26 Å². The average Bonchev–Trinajstić information content (AvgIpc) is 3.06. The Morgan fingerprint density at radius 1 is 1.23 bits per heavy atom. The summed E-state index contributed by atoms with van der Waals surface area (Å²) >= 11 is 0. The average molecular weight is 420 g/mol. The van der Waals surface area contributed by atoms with Crippen molar-refractivity contribution in [2.24, 2.45) is 23.2 Å². The van der Waals surface area contributed by atoms with Crippen LogP contribution in [0.2, 0.25) is 0 Å². The molecule has 5 nitrogen and oxygen atoms in total. The Kier molecular flexibility index (Phi) is 5.30. The van der Waals surface area contributed by atoms with Crippen molar-refractivity contribution in [2.45, 2.75) is 45.1 Å². The number of allylic oxidation sites excluding steroid dienone is 1. The highest BCUT2D eigenvalue weighted by Crippen LogP contribution is 2.56. The van der Waals surface area contributed by atoms with Gasteiger partial charge in [0.05, 0.1) is 17.6 Å². The maximum absolute atomic E-state index is 12.8. The normalized spacial score (nSPS) is 35.8. The minimum absolute atomic E-state index is 0.00531. The second kappa shape index (κ2) is 7.98. The maximum atomic E-state index is 12.8. The van der Waals surface area contributed by atoms with Crippen molar-refractivity contribution < 1.29 is 9.53 Å². The van der Waals surface area contributed by atoms with Gasteiger partial charge in [0.15, 0.2) is 0 Å². The molecule has 31 heavy (non-hydrogen) atoms. The summed E-state index contributed by atoms with van der Waals surface area (Å²) in [5.74, 6) is 0.924. The summed E-state index contributed by atoms with van der Waals surface area (Å²) in [6, 6.07) is 10.0. The molecule has 0 bridgehead atoms. The molecular formula is C26H33N3O2. The molecule has 5 atom stereocenters. The van der Waals surface area contributed by atoms with Crippen LogP contribution in [0, 0.1) is 34.5 Å². The Morgan fingerprint density at radius 2 is 1.97 bits per heavy atom. The van der Waals surface area contributed by atoms with Gasteiger partial charge in [-0.1, -0.05) is 19.1 Å². The van der Waals surface area contributed by atoms with E-state index in [1.165, 1.54) is 24.1 Å². The van der Waals surface area contributed by atoms with E-state index in [-0.39, 0.29) is 23.4 Å². The van der Waals surface area contributed by atoms with Gasteiger partial charge in [-0.05, 0) is 67.7 Å². The van der Waals surface area contributed by atoms with E-state index < -0.39 is 0 Å². The number of nitrogens with zero attached hydrogens (tertiary/aromatic N) is 3. The van der Waals surface area contributed by atoms with Crippen LogP contribution in [0.1, 0.15) is 44.6 Å². The number of hydrogen-bond donors (Lipinski definition) is 0. The molecule has 0 N–H and O–H groups in total. The van der Waals surface area contributed by atoms with Gasteiger partial charge < -0.3 is 9.64 Å². The number of carbonyl (C=O) groups excluding carboxylic acids is 1. The zero-order valence-corrected chi connectivity index (χ0v) is 18.6. The zero-order chi connectivity index (χ0) is 21.6. The summed E-state index contributed by atoms with van der Waals surface area (Å²) in [6.07, 6.45) is 5.79. The predicted octanol–water partition coefficient (Wildman–Crippen LogP) is 3.99. The van der Waals surface area contributed by atoms with Gasteiger partial charge in [0.25, 0.3) is 0 Å². The van der Waals surface area contributed by atoms with Crippen molar-refractivity contribution in [2.75, 3.05) is 37.6 Å². The smallest absolute Gasteiger partial charge is 0.310 e. The van der Waals surface area contributed by atoms with Crippen LogP contribution in [0.15, 0.2) is 36.4 Å². The van der Waals surface area contributed by atoms with Gasteiger partial charge in [0.2, 0.25) is 0 Å². The van der Waals surface area contributed by atoms with E-state index in [1.807, 2.05) is 24.3 Å². The van der Waals surface area contributed by atoms with Crippen LogP contribution in [-0.2, 0) is 9.53 Å². The molecule has 1 aromatic rings. The van der Waals surface area contributed by atoms with Gasteiger partial charge in [0, 0.05) is 44.3 Å². The van der Waals surface area contributed by atoms with E-state index in [2.05, 4.69) is 29.4 Å². The molecule has 0 spiro atoms. The van der Waals surface area contributed by atoms with Crippen molar-refractivity contribution in [1.82, 2.24) is 4.90 Å². The summed E-state index contributed by atoms with van der Waals surface area (Å²) in [6.45, 7) is 11.4. The zero-order valence-electron chi connectivity index (χ0n) is 18.6. The van der Waals surface area contributed by atoms with Crippen LogP contribution < -0.4 is 4.90 Å². The number of carbonyl (C=O) groups is 1. The number of fused-ring (bicyclic) bond motifs is 2. The van der Waals surface area contributed by atoms with Crippen molar-refractivity contribution in [3.63, 3.8) is 0 Å². The number of nitriles is 1. The summed E-state index contributed by atoms with van der Waals surface area (Å²) in [4.78, 5) is 17.7. The number of esters is 1. The number of ether oxygens (including phenoxy) is 1. The van der Waals surface area contributed by atoms with E-state index in [0.717, 1.165) is 52.0 Å². The first kappa shape index (κ1) is 20.6.